The fourth-order valence-corrected chi connectivity index (χ4v) is 8.63. The molecule has 7 rings (SSSR count). The van der Waals surface area contributed by atoms with Gasteiger partial charge in [-0.05, 0) is 87.9 Å². The predicted molar refractivity (Wildman–Crippen MR) is 202 cm³/mol. The molecular formula is C42H44N4O9. The summed E-state index contributed by atoms with van der Waals surface area (Å²) in [7, 11) is 1.34. The Labute approximate surface area is 317 Å². The number of aromatic nitrogens is 4. The fourth-order valence-electron chi connectivity index (χ4n) is 8.63. The van der Waals surface area contributed by atoms with Crippen LogP contribution in [0.25, 0.3) is 27.8 Å². The summed E-state index contributed by atoms with van der Waals surface area (Å²) >= 11 is 0. The normalized spacial score (nSPS) is 21.9. The van der Waals surface area contributed by atoms with E-state index in [1.807, 2.05) is 39.8 Å². The van der Waals surface area contributed by atoms with Gasteiger partial charge in [-0.3, -0.25) is 14.6 Å². The summed E-state index contributed by atoms with van der Waals surface area (Å²) in [5.74, 6) is -4.86. The van der Waals surface area contributed by atoms with Crippen molar-refractivity contribution in [3.05, 3.63) is 86.8 Å². The van der Waals surface area contributed by atoms with Crippen LogP contribution >= 0.6 is 0 Å². The standard InChI is InChI=1S/C42H44N4O9/c1-9-22-19(4)26-16-27-20(5)23(13-15-32(47)52-8)36(45-27)34-37-33(39(49)55-40(34)50)21(6)28(46-37)17-30-25-14-12-24(38(48)53-10-2)35(41(51)54-11-3)42(25,7)31(44-30)18-29(22)43-26/h12,14,16-18,20,23,35,45-46H,9-11,13,15H2,1-8H3/t20-,23-,35+,42+/m0/s1. The van der Waals surface area contributed by atoms with Gasteiger partial charge in [0.1, 0.15) is 11.5 Å². The molecule has 0 unspecified atom stereocenters. The smallest absolute Gasteiger partial charge is 0.349 e. The van der Waals surface area contributed by atoms with Gasteiger partial charge in [0.15, 0.2) is 0 Å². The van der Waals surface area contributed by atoms with Crippen molar-refractivity contribution in [3.8, 4) is 0 Å². The number of H-pyrrole nitrogens is 2. The molecule has 13 nitrogen and oxygen atoms in total. The highest BCUT2D eigenvalue weighted by atomic mass is 16.6. The first-order valence-corrected chi connectivity index (χ1v) is 18.7. The quantitative estimate of drug-likeness (QED) is 0.164. The van der Waals surface area contributed by atoms with Crippen LogP contribution in [0, 0.1) is 12.8 Å². The molecule has 8 bridgehead atoms. The first kappa shape index (κ1) is 37.5. The number of carbonyl (C=O) groups is 5. The number of rotatable bonds is 8. The van der Waals surface area contributed by atoms with E-state index in [9.17, 15) is 24.0 Å². The van der Waals surface area contributed by atoms with Crippen LogP contribution in [0.5, 0.6) is 0 Å². The van der Waals surface area contributed by atoms with Crippen LogP contribution in [-0.2, 0) is 38.7 Å². The molecule has 2 N–H and O–H groups in total. The van der Waals surface area contributed by atoms with Gasteiger partial charge >= 0.3 is 29.8 Å². The van der Waals surface area contributed by atoms with Gasteiger partial charge in [0.2, 0.25) is 0 Å². The van der Waals surface area contributed by atoms with E-state index in [2.05, 4.69) is 9.97 Å². The van der Waals surface area contributed by atoms with Crippen LogP contribution in [0.4, 0.5) is 0 Å². The van der Waals surface area contributed by atoms with E-state index in [0.717, 1.165) is 16.8 Å². The Balaban J connectivity index is 1.61. The van der Waals surface area contributed by atoms with E-state index in [1.165, 1.54) is 7.11 Å². The first-order chi connectivity index (χ1) is 26.3. The number of aromatic amines is 2. The number of hydrogen-bond donors (Lipinski definition) is 2. The molecule has 4 aliphatic heterocycles. The Morgan fingerprint density at radius 3 is 2.33 bits per heavy atom. The highest BCUT2D eigenvalue weighted by Crippen LogP contribution is 2.53. The Morgan fingerprint density at radius 1 is 0.909 bits per heavy atom. The molecule has 55 heavy (non-hydrogen) atoms. The van der Waals surface area contributed by atoms with Gasteiger partial charge < -0.3 is 28.9 Å². The lowest BCUT2D eigenvalue weighted by atomic mass is 9.64. The molecule has 2 aromatic heterocycles. The van der Waals surface area contributed by atoms with Crippen molar-refractivity contribution in [3.63, 3.8) is 0 Å². The number of nitrogens with one attached hydrogen (secondary N) is 2. The van der Waals surface area contributed by atoms with Gasteiger partial charge in [0.25, 0.3) is 0 Å². The number of nitrogens with zero attached hydrogens (tertiary/aromatic N) is 2. The number of cyclic esters (lactones) is 2. The van der Waals surface area contributed by atoms with Crippen LogP contribution < -0.4 is 0 Å². The van der Waals surface area contributed by atoms with Gasteiger partial charge in [-0.2, -0.15) is 0 Å². The maximum Gasteiger partial charge on any atom is 0.349 e. The maximum atomic E-state index is 14.0. The molecule has 0 radical (unpaired) electrons. The van der Waals surface area contributed by atoms with Crippen molar-refractivity contribution in [1.82, 2.24) is 19.9 Å². The second-order valence-corrected chi connectivity index (χ2v) is 14.4. The summed E-state index contributed by atoms with van der Waals surface area (Å²) < 4.78 is 21.4. The zero-order valence-electron chi connectivity index (χ0n) is 32.2. The summed E-state index contributed by atoms with van der Waals surface area (Å²) in [6.07, 6.45) is 4.47. The molecule has 1 aliphatic carbocycles. The second-order valence-electron chi connectivity index (χ2n) is 14.4. The van der Waals surface area contributed by atoms with Crippen LogP contribution in [0.15, 0.2) is 35.9 Å². The van der Waals surface area contributed by atoms with Crippen molar-refractivity contribution in [2.24, 2.45) is 5.92 Å². The second kappa shape index (κ2) is 14.1. The van der Waals surface area contributed by atoms with E-state index in [-0.39, 0.29) is 59.7 Å². The van der Waals surface area contributed by atoms with E-state index >= 15 is 0 Å². The van der Waals surface area contributed by atoms with Gasteiger partial charge in [-0.25, -0.2) is 19.4 Å². The molecular weight excluding hydrogens is 704 g/mol. The molecule has 0 saturated carbocycles. The number of hydrogen-bond acceptors (Lipinski definition) is 11. The number of allylic oxidation sites excluding steroid dienone is 5. The first-order valence-electron chi connectivity index (χ1n) is 18.7. The zero-order chi connectivity index (χ0) is 39.5. The lowest BCUT2D eigenvalue weighted by Crippen LogP contribution is -2.42. The molecule has 0 spiro atoms. The van der Waals surface area contributed by atoms with E-state index in [0.29, 0.717) is 58.0 Å². The Bertz CT molecular complexity index is 2380. The van der Waals surface area contributed by atoms with E-state index < -0.39 is 35.2 Å². The molecule has 286 valence electrons. The summed E-state index contributed by atoms with van der Waals surface area (Å²) in [4.78, 5) is 84.1. The number of methoxy groups -OCH3 is 1. The summed E-state index contributed by atoms with van der Waals surface area (Å²) in [5, 5.41) is 0. The van der Waals surface area contributed by atoms with Gasteiger partial charge in [-0.1, -0.05) is 26.0 Å². The third kappa shape index (κ3) is 5.87. The highest BCUT2D eigenvalue weighted by Gasteiger charge is 2.54. The number of esters is 5. The monoisotopic (exact) mass is 748 g/mol. The molecule has 2 aromatic rings. The molecule has 0 amide bonds. The molecule has 6 heterocycles. The Morgan fingerprint density at radius 2 is 1.64 bits per heavy atom. The van der Waals surface area contributed by atoms with Crippen molar-refractivity contribution in [1.29, 1.82) is 0 Å². The lowest BCUT2D eigenvalue weighted by molar-refractivity contribution is -0.151. The number of aryl methyl sites for hydroxylation is 1. The molecule has 5 aliphatic rings. The predicted octanol–water partition coefficient (Wildman–Crippen LogP) is 6.86. The van der Waals surface area contributed by atoms with Crippen LogP contribution in [-0.4, -0.2) is 70.1 Å². The fraction of sp³-hybridized carbons (Fsp3) is 0.405. The summed E-state index contributed by atoms with van der Waals surface area (Å²) in [6.45, 7) is 13.3. The average Bonchev–Trinajstić information content (AvgIpc) is 3.82. The minimum absolute atomic E-state index is 0.0942. The minimum atomic E-state index is -1.20. The third-order valence-electron chi connectivity index (χ3n) is 11.6. The van der Waals surface area contributed by atoms with E-state index in [4.69, 9.17) is 28.9 Å². The number of fused-ring (bicyclic) bond motifs is 11. The van der Waals surface area contributed by atoms with Crippen molar-refractivity contribution in [2.75, 3.05) is 20.3 Å². The molecule has 4 atom stereocenters. The maximum absolute atomic E-state index is 14.0. The molecule has 0 saturated heterocycles. The van der Waals surface area contributed by atoms with E-state index in [1.54, 1.807) is 39.0 Å². The van der Waals surface area contributed by atoms with Crippen molar-refractivity contribution in [2.45, 2.75) is 85.0 Å². The number of carbonyl (C=O) groups excluding carboxylic acids is 5. The minimum Gasteiger partial charge on any atom is -0.469 e. The molecule has 13 heteroatoms. The summed E-state index contributed by atoms with van der Waals surface area (Å²) in [5.41, 5.74) is 6.76. The van der Waals surface area contributed by atoms with Crippen molar-refractivity contribution < 1.29 is 42.9 Å². The largest absolute Gasteiger partial charge is 0.469 e. The van der Waals surface area contributed by atoms with Gasteiger partial charge in [-0.15, -0.1) is 0 Å². The number of ether oxygens (including phenoxy) is 4. The highest BCUT2D eigenvalue weighted by molar-refractivity contribution is 6.18. The van der Waals surface area contributed by atoms with Crippen molar-refractivity contribution >= 4 is 57.6 Å². The SMILES string of the molecule is CCOC(=O)C1=CC=C2c3cc4[nH]c5c(c6[nH]c(cc7nc(cc(n3)[C@]2(C)[C@H]1C(=O)OCC)C(CC)=C7C)[C@@H](C)[C@@H]6CCC(=O)OC)C(=O)OC(=O)c5c4C. The topological polar surface area (TPSA) is 180 Å². The van der Waals surface area contributed by atoms with Gasteiger partial charge in [0, 0.05) is 35.2 Å². The molecule has 0 fully saturated rings. The van der Waals surface area contributed by atoms with Gasteiger partial charge in [0.05, 0.1) is 65.2 Å². The van der Waals surface area contributed by atoms with Crippen LogP contribution in [0.2, 0.25) is 0 Å². The Hall–Kier alpha value is -5.85. The van der Waals surface area contributed by atoms with Crippen LogP contribution in [0.3, 0.4) is 0 Å². The molecule has 0 aromatic carbocycles. The van der Waals surface area contributed by atoms with Crippen LogP contribution in [0.1, 0.15) is 133 Å². The third-order valence-corrected chi connectivity index (χ3v) is 11.6. The zero-order valence-corrected chi connectivity index (χ0v) is 32.2. The lowest BCUT2D eigenvalue weighted by Gasteiger charge is -2.36. The Kier molecular flexibility index (Phi) is 9.60. The summed E-state index contributed by atoms with van der Waals surface area (Å²) in [6, 6.07) is 5.60. The average molecular weight is 749 g/mol.